The Kier molecular flexibility index (Phi) is 2.51. The second kappa shape index (κ2) is 3.82. The predicted molar refractivity (Wildman–Crippen MR) is 56.2 cm³/mol. The number of aromatic nitrogens is 2. The SMILES string of the molecule is Cc1cnn(-c2cccc(F)c2CN)c1. The molecule has 3 nitrogen and oxygen atoms in total. The van der Waals surface area contributed by atoms with E-state index in [9.17, 15) is 4.39 Å². The summed E-state index contributed by atoms with van der Waals surface area (Å²) in [6, 6.07) is 4.86. The van der Waals surface area contributed by atoms with Gasteiger partial charge in [0, 0.05) is 18.3 Å². The van der Waals surface area contributed by atoms with Crippen molar-refractivity contribution in [3.63, 3.8) is 0 Å². The number of hydrogen-bond donors (Lipinski definition) is 1. The Morgan fingerprint density at radius 2 is 2.27 bits per heavy atom. The van der Waals surface area contributed by atoms with Crippen LogP contribution in [-0.2, 0) is 6.54 Å². The summed E-state index contributed by atoms with van der Waals surface area (Å²) in [7, 11) is 0. The molecule has 0 atom stereocenters. The summed E-state index contributed by atoms with van der Waals surface area (Å²) in [5.41, 5.74) is 7.73. The third kappa shape index (κ3) is 1.76. The van der Waals surface area contributed by atoms with Crippen LogP contribution in [0, 0.1) is 12.7 Å². The fourth-order valence-corrected chi connectivity index (χ4v) is 1.51. The van der Waals surface area contributed by atoms with Crippen molar-refractivity contribution in [3.8, 4) is 5.69 Å². The van der Waals surface area contributed by atoms with Gasteiger partial charge in [-0.05, 0) is 24.6 Å². The molecule has 0 saturated heterocycles. The minimum atomic E-state index is -0.289. The monoisotopic (exact) mass is 205 g/mol. The van der Waals surface area contributed by atoms with E-state index in [0.717, 1.165) is 5.56 Å². The van der Waals surface area contributed by atoms with Crippen LogP contribution < -0.4 is 5.73 Å². The highest BCUT2D eigenvalue weighted by Gasteiger charge is 2.08. The maximum Gasteiger partial charge on any atom is 0.129 e. The number of aryl methyl sites for hydroxylation is 1. The Hall–Kier alpha value is -1.68. The number of benzene rings is 1. The summed E-state index contributed by atoms with van der Waals surface area (Å²) in [5, 5.41) is 4.13. The molecule has 0 unspecified atom stereocenters. The molecule has 2 rings (SSSR count). The summed E-state index contributed by atoms with van der Waals surface area (Å²) in [6.07, 6.45) is 3.57. The van der Waals surface area contributed by atoms with Crippen LogP contribution in [0.1, 0.15) is 11.1 Å². The molecular formula is C11H12FN3. The van der Waals surface area contributed by atoms with Crippen molar-refractivity contribution in [1.29, 1.82) is 0 Å². The van der Waals surface area contributed by atoms with E-state index in [-0.39, 0.29) is 12.4 Å². The van der Waals surface area contributed by atoms with Crippen LogP contribution in [-0.4, -0.2) is 9.78 Å². The zero-order valence-corrected chi connectivity index (χ0v) is 8.44. The molecular weight excluding hydrogens is 193 g/mol. The lowest BCUT2D eigenvalue weighted by atomic mass is 10.1. The van der Waals surface area contributed by atoms with Crippen LogP contribution in [0.4, 0.5) is 4.39 Å². The van der Waals surface area contributed by atoms with Gasteiger partial charge in [-0.1, -0.05) is 6.07 Å². The Morgan fingerprint density at radius 1 is 1.47 bits per heavy atom. The number of halogens is 1. The molecule has 78 valence electrons. The first-order valence-corrected chi connectivity index (χ1v) is 4.71. The van der Waals surface area contributed by atoms with Gasteiger partial charge in [0.05, 0.1) is 11.9 Å². The molecule has 1 aromatic carbocycles. The lowest BCUT2D eigenvalue weighted by molar-refractivity contribution is 0.607. The summed E-state index contributed by atoms with van der Waals surface area (Å²) >= 11 is 0. The minimum absolute atomic E-state index is 0.168. The third-order valence-corrected chi connectivity index (χ3v) is 2.26. The normalized spacial score (nSPS) is 10.6. The first-order valence-electron chi connectivity index (χ1n) is 4.71. The van der Waals surface area contributed by atoms with E-state index >= 15 is 0 Å². The number of nitrogens with zero attached hydrogens (tertiary/aromatic N) is 2. The first kappa shape index (κ1) is 9.86. The molecule has 0 fully saturated rings. The Bertz CT molecular complexity index is 476. The first-order chi connectivity index (χ1) is 7.22. The molecule has 0 bridgehead atoms. The highest BCUT2D eigenvalue weighted by Crippen LogP contribution is 2.17. The van der Waals surface area contributed by atoms with Crippen LogP contribution in [0.5, 0.6) is 0 Å². The zero-order valence-electron chi connectivity index (χ0n) is 8.44. The van der Waals surface area contributed by atoms with Crippen LogP contribution in [0.3, 0.4) is 0 Å². The van der Waals surface area contributed by atoms with Crippen molar-refractivity contribution in [2.45, 2.75) is 13.5 Å². The van der Waals surface area contributed by atoms with Crippen molar-refractivity contribution in [2.75, 3.05) is 0 Å². The van der Waals surface area contributed by atoms with E-state index < -0.39 is 0 Å². The summed E-state index contributed by atoms with van der Waals surface area (Å²) < 4.78 is 15.1. The maximum absolute atomic E-state index is 13.4. The fraction of sp³-hybridized carbons (Fsp3) is 0.182. The van der Waals surface area contributed by atoms with Crippen molar-refractivity contribution < 1.29 is 4.39 Å². The molecule has 0 aliphatic rings. The molecule has 1 aromatic heterocycles. The summed E-state index contributed by atoms with van der Waals surface area (Å²) in [6.45, 7) is 2.10. The molecule has 0 radical (unpaired) electrons. The molecule has 1 heterocycles. The lowest BCUT2D eigenvalue weighted by Crippen LogP contribution is -2.07. The van der Waals surface area contributed by atoms with Gasteiger partial charge < -0.3 is 5.73 Å². The molecule has 4 heteroatoms. The minimum Gasteiger partial charge on any atom is -0.326 e. The largest absolute Gasteiger partial charge is 0.326 e. The van der Waals surface area contributed by atoms with Gasteiger partial charge in [0.2, 0.25) is 0 Å². The van der Waals surface area contributed by atoms with Gasteiger partial charge in [0.1, 0.15) is 5.82 Å². The van der Waals surface area contributed by atoms with Gasteiger partial charge in [-0.2, -0.15) is 5.10 Å². The molecule has 2 aromatic rings. The maximum atomic E-state index is 13.4. The van der Waals surface area contributed by atoms with E-state index in [0.29, 0.717) is 11.3 Å². The smallest absolute Gasteiger partial charge is 0.129 e. The highest BCUT2D eigenvalue weighted by molar-refractivity contribution is 5.41. The molecule has 0 amide bonds. The molecule has 2 N–H and O–H groups in total. The van der Waals surface area contributed by atoms with Crippen LogP contribution in [0.25, 0.3) is 5.69 Å². The standard InChI is InChI=1S/C11H12FN3/c1-8-6-14-15(7-8)11-4-2-3-10(12)9(11)5-13/h2-4,6-7H,5,13H2,1H3. The Balaban J connectivity index is 2.57. The van der Waals surface area contributed by atoms with Gasteiger partial charge in [0.15, 0.2) is 0 Å². The quantitative estimate of drug-likeness (QED) is 0.812. The van der Waals surface area contributed by atoms with Gasteiger partial charge in [-0.3, -0.25) is 0 Å². The van der Waals surface area contributed by atoms with Crippen LogP contribution in [0.15, 0.2) is 30.6 Å². The van der Waals surface area contributed by atoms with E-state index in [4.69, 9.17) is 5.73 Å². The topological polar surface area (TPSA) is 43.8 Å². The number of rotatable bonds is 2. The van der Waals surface area contributed by atoms with E-state index in [1.54, 1.807) is 23.0 Å². The van der Waals surface area contributed by atoms with E-state index in [1.807, 2.05) is 13.1 Å². The Labute approximate surface area is 87.3 Å². The van der Waals surface area contributed by atoms with Crippen LogP contribution in [0.2, 0.25) is 0 Å². The second-order valence-electron chi connectivity index (χ2n) is 3.40. The zero-order chi connectivity index (χ0) is 10.8. The van der Waals surface area contributed by atoms with Crippen molar-refractivity contribution in [3.05, 3.63) is 47.5 Å². The van der Waals surface area contributed by atoms with E-state index in [1.165, 1.54) is 6.07 Å². The molecule has 0 aliphatic carbocycles. The summed E-state index contributed by atoms with van der Waals surface area (Å²) in [5.74, 6) is -0.289. The Morgan fingerprint density at radius 3 is 2.87 bits per heavy atom. The lowest BCUT2D eigenvalue weighted by Gasteiger charge is -2.08. The molecule has 0 spiro atoms. The van der Waals surface area contributed by atoms with Gasteiger partial charge in [0.25, 0.3) is 0 Å². The van der Waals surface area contributed by atoms with Gasteiger partial charge in [-0.25, -0.2) is 9.07 Å². The molecule has 0 saturated carbocycles. The predicted octanol–water partition coefficient (Wildman–Crippen LogP) is 1.78. The van der Waals surface area contributed by atoms with Crippen LogP contribution >= 0.6 is 0 Å². The second-order valence-corrected chi connectivity index (χ2v) is 3.40. The number of hydrogen-bond acceptors (Lipinski definition) is 2. The van der Waals surface area contributed by atoms with Gasteiger partial charge in [-0.15, -0.1) is 0 Å². The van der Waals surface area contributed by atoms with Crippen molar-refractivity contribution in [1.82, 2.24) is 9.78 Å². The fourth-order valence-electron chi connectivity index (χ4n) is 1.51. The highest BCUT2D eigenvalue weighted by atomic mass is 19.1. The molecule has 0 aliphatic heterocycles. The average molecular weight is 205 g/mol. The van der Waals surface area contributed by atoms with Crippen molar-refractivity contribution >= 4 is 0 Å². The number of nitrogens with two attached hydrogens (primary N) is 1. The van der Waals surface area contributed by atoms with Crippen molar-refractivity contribution in [2.24, 2.45) is 5.73 Å². The average Bonchev–Trinajstić information content (AvgIpc) is 2.64. The third-order valence-electron chi connectivity index (χ3n) is 2.26. The van der Waals surface area contributed by atoms with Gasteiger partial charge >= 0.3 is 0 Å². The summed E-state index contributed by atoms with van der Waals surface area (Å²) in [4.78, 5) is 0. The van der Waals surface area contributed by atoms with E-state index in [2.05, 4.69) is 5.10 Å². The molecule has 15 heavy (non-hydrogen) atoms.